The second kappa shape index (κ2) is 8.12. The van der Waals surface area contributed by atoms with Crippen LogP contribution < -0.4 is 10.5 Å². The fourth-order valence-electron chi connectivity index (χ4n) is 1.98. The smallest absolute Gasteiger partial charge is 0.129 e. The van der Waals surface area contributed by atoms with Crippen LogP contribution in [-0.2, 0) is 0 Å². The summed E-state index contributed by atoms with van der Waals surface area (Å²) in [5.41, 5.74) is 6.49. The van der Waals surface area contributed by atoms with Crippen LogP contribution in [0.15, 0.2) is 24.3 Å². The number of hydrogen-bond donors (Lipinski definition) is 1. The van der Waals surface area contributed by atoms with E-state index >= 15 is 0 Å². The van der Waals surface area contributed by atoms with Crippen molar-refractivity contribution in [1.29, 1.82) is 0 Å². The summed E-state index contributed by atoms with van der Waals surface area (Å²) in [5.74, 6) is 0.773. The molecule has 2 N–H and O–H groups in total. The summed E-state index contributed by atoms with van der Waals surface area (Å²) < 4.78 is 5.82. The van der Waals surface area contributed by atoms with E-state index in [2.05, 4.69) is 25.7 Å². The van der Waals surface area contributed by atoms with Gasteiger partial charge in [0.25, 0.3) is 0 Å². The highest BCUT2D eigenvalue weighted by Crippen LogP contribution is 2.17. The minimum absolute atomic E-state index is 0.380. The molecule has 3 nitrogen and oxygen atoms in total. The lowest BCUT2D eigenvalue weighted by Crippen LogP contribution is -2.35. The summed E-state index contributed by atoms with van der Waals surface area (Å²) in [6, 6.07) is 8.19. The van der Waals surface area contributed by atoms with Crippen LogP contribution in [0.2, 0.25) is 0 Å². The lowest BCUT2D eigenvalue weighted by molar-refractivity contribution is 0.176. The number of hydrogen-bond acceptors (Lipinski definition) is 3. The molecule has 0 saturated carbocycles. The van der Waals surface area contributed by atoms with E-state index in [1.165, 1.54) is 0 Å². The third-order valence-corrected chi connectivity index (χ3v) is 3.25. The number of ether oxygens (including phenoxy) is 1. The van der Waals surface area contributed by atoms with Gasteiger partial charge in [0.2, 0.25) is 0 Å². The van der Waals surface area contributed by atoms with Gasteiger partial charge in [0.05, 0.1) is 5.56 Å². The Morgan fingerprint density at radius 1 is 1.32 bits per heavy atom. The Labute approximate surface area is 121 Å². The maximum atomic E-state index is 5.82. The second-order valence-electron chi connectivity index (χ2n) is 4.84. The Morgan fingerprint density at radius 3 is 2.58 bits per heavy atom. The maximum Gasteiger partial charge on any atom is 0.129 e. The number of nitrogens with zero attached hydrogens (tertiary/aromatic N) is 1. The SMILES string of the molecule is CCCN(CCOc1ccccc1C(N)=S)C(C)C. The molecular formula is C15H24N2OS. The van der Waals surface area contributed by atoms with Crippen LogP contribution in [0, 0.1) is 0 Å². The molecule has 0 spiro atoms. The fraction of sp³-hybridized carbons (Fsp3) is 0.533. The molecule has 1 aromatic carbocycles. The quantitative estimate of drug-likeness (QED) is 0.743. The summed E-state index contributed by atoms with van der Waals surface area (Å²) in [4.78, 5) is 2.79. The van der Waals surface area contributed by atoms with Crippen LogP contribution >= 0.6 is 12.2 Å². The normalized spacial score (nSPS) is 11.0. The van der Waals surface area contributed by atoms with Gasteiger partial charge in [-0.1, -0.05) is 31.3 Å². The summed E-state index contributed by atoms with van der Waals surface area (Å²) in [6.07, 6.45) is 1.15. The van der Waals surface area contributed by atoms with Gasteiger partial charge in [-0.05, 0) is 38.9 Å². The largest absolute Gasteiger partial charge is 0.492 e. The molecule has 0 aliphatic carbocycles. The lowest BCUT2D eigenvalue weighted by Gasteiger charge is -2.25. The highest BCUT2D eigenvalue weighted by molar-refractivity contribution is 7.80. The van der Waals surface area contributed by atoms with E-state index in [1.807, 2.05) is 24.3 Å². The topological polar surface area (TPSA) is 38.5 Å². The molecule has 106 valence electrons. The van der Waals surface area contributed by atoms with Gasteiger partial charge in [0, 0.05) is 12.6 Å². The highest BCUT2D eigenvalue weighted by atomic mass is 32.1. The molecule has 1 rings (SSSR count). The summed E-state index contributed by atoms with van der Waals surface area (Å²) in [7, 11) is 0. The van der Waals surface area contributed by atoms with Crippen molar-refractivity contribution < 1.29 is 4.74 Å². The third kappa shape index (κ3) is 5.17. The molecule has 0 atom stereocenters. The number of benzene rings is 1. The molecule has 0 amide bonds. The summed E-state index contributed by atoms with van der Waals surface area (Å²) in [5, 5.41) is 0. The van der Waals surface area contributed by atoms with E-state index in [-0.39, 0.29) is 0 Å². The predicted octanol–water partition coefficient (Wildman–Crippen LogP) is 2.82. The minimum Gasteiger partial charge on any atom is -0.492 e. The predicted molar refractivity (Wildman–Crippen MR) is 84.8 cm³/mol. The van der Waals surface area contributed by atoms with Gasteiger partial charge >= 0.3 is 0 Å². The van der Waals surface area contributed by atoms with Crippen LogP contribution in [0.1, 0.15) is 32.8 Å². The number of nitrogens with two attached hydrogens (primary N) is 1. The highest BCUT2D eigenvalue weighted by Gasteiger charge is 2.09. The molecule has 1 aromatic rings. The first-order valence-corrected chi connectivity index (χ1v) is 7.22. The molecule has 0 heterocycles. The number of rotatable bonds is 8. The molecule has 19 heavy (non-hydrogen) atoms. The zero-order chi connectivity index (χ0) is 14.3. The van der Waals surface area contributed by atoms with Crippen LogP contribution in [-0.4, -0.2) is 35.6 Å². The first-order chi connectivity index (χ1) is 9.06. The Morgan fingerprint density at radius 2 is 2.00 bits per heavy atom. The molecule has 0 radical (unpaired) electrons. The zero-order valence-electron chi connectivity index (χ0n) is 12.1. The molecule has 4 heteroatoms. The average molecular weight is 280 g/mol. The van der Waals surface area contributed by atoms with E-state index in [0.29, 0.717) is 17.6 Å². The van der Waals surface area contributed by atoms with Gasteiger partial charge in [-0.15, -0.1) is 0 Å². The monoisotopic (exact) mass is 280 g/mol. The first-order valence-electron chi connectivity index (χ1n) is 6.82. The lowest BCUT2D eigenvalue weighted by atomic mass is 10.2. The standard InChI is InChI=1S/C15H24N2OS/c1-4-9-17(12(2)3)10-11-18-14-8-6-5-7-13(14)15(16)19/h5-8,12H,4,9-11H2,1-3H3,(H2,16,19). The van der Waals surface area contributed by atoms with Crippen molar-refractivity contribution in [2.24, 2.45) is 5.73 Å². The second-order valence-corrected chi connectivity index (χ2v) is 5.28. The van der Waals surface area contributed by atoms with Crippen molar-refractivity contribution in [3.8, 4) is 5.75 Å². The van der Waals surface area contributed by atoms with Crippen LogP contribution in [0.4, 0.5) is 0 Å². The zero-order valence-corrected chi connectivity index (χ0v) is 12.9. The van der Waals surface area contributed by atoms with Gasteiger partial charge in [-0.25, -0.2) is 0 Å². The van der Waals surface area contributed by atoms with Crippen molar-refractivity contribution in [2.75, 3.05) is 19.7 Å². The Bertz CT molecular complexity index is 407. The van der Waals surface area contributed by atoms with Gasteiger partial charge < -0.3 is 10.5 Å². The minimum atomic E-state index is 0.380. The average Bonchev–Trinajstić information content (AvgIpc) is 2.38. The molecule has 0 aliphatic heterocycles. The van der Waals surface area contributed by atoms with E-state index < -0.39 is 0 Å². The van der Waals surface area contributed by atoms with E-state index in [9.17, 15) is 0 Å². The van der Waals surface area contributed by atoms with Gasteiger partial charge in [-0.2, -0.15) is 0 Å². The van der Waals surface area contributed by atoms with Crippen molar-refractivity contribution in [3.63, 3.8) is 0 Å². The summed E-state index contributed by atoms with van der Waals surface area (Å²) in [6.45, 7) is 9.27. The Balaban J connectivity index is 2.55. The molecule has 0 fully saturated rings. The fourth-order valence-corrected chi connectivity index (χ4v) is 2.15. The van der Waals surface area contributed by atoms with Gasteiger partial charge in [-0.3, -0.25) is 4.90 Å². The Kier molecular flexibility index (Phi) is 6.81. The van der Waals surface area contributed by atoms with E-state index in [4.69, 9.17) is 22.7 Å². The van der Waals surface area contributed by atoms with Crippen molar-refractivity contribution in [1.82, 2.24) is 4.90 Å². The molecule has 0 aliphatic rings. The van der Waals surface area contributed by atoms with Crippen LogP contribution in [0.25, 0.3) is 0 Å². The molecule has 0 aromatic heterocycles. The van der Waals surface area contributed by atoms with Crippen LogP contribution in [0.5, 0.6) is 5.75 Å². The third-order valence-electron chi connectivity index (χ3n) is 3.03. The first kappa shape index (κ1) is 15.9. The Hall–Kier alpha value is -1.13. The van der Waals surface area contributed by atoms with E-state index in [1.54, 1.807) is 0 Å². The molecule has 0 unspecified atom stereocenters. The molecular weight excluding hydrogens is 256 g/mol. The number of thiocarbonyl (C=S) groups is 1. The van der Waals surface area contributed by atoms with Gasteiger partial charge in [0.1, 0.15) is 17.3 Å². The molecule has 0 saturated heterocycles. The number of para-hydroxylation sites is 1. The van der Waals surface area contributed by atoms with Crippen molar-refractivity contribution >= 4 is 17.2 Å². The van der Waals surface area contributed by atoms with E-state index in [0.717, 1.165) is 30.8 Å². The van der Waals surface area contributed by atoms with Crippen LogP contribution in [0.3, 0.4) is 0 Å². The van der Waals surface area contributed by atoms with Crippen molar-refractivity contribution in [2.45, 2.75) is 33.2 Å². The molecule has 0 bridgehead atoms. The maximum absolute atomic E-state index is 5.82. The summed E-state index contributed by atoms with van der Waals surface area (Å²) >= 11 is 5.02. The van der Waals surface area contributed by atoms with Crippen molar-refractivity contribution in [3.05, 3.63) is 29.8 Å². The van der Waals surface area contributed by atoms with Gasteiger partial charge in [0.15, 0.2) is 0 Å².